The van der Waals surface area contributed by atoms with E-state index in [-0.39, 0.29) is 5.91 Å². The minimum absolute atomic E-state index is 0.164. The molecule has 1 saturated heterocycles. The maximum Gasteiger partial charge on any atom is 0.253 e. The van der Waals surface area contributed by atoms with E-state index in [4.69, 9.17) is 0 Å². The fraction of sp³-hybridized carbons (Fsp3) is 0.450. The highest BCUT2D eigenvalue weighted by Gasteiger charge is 2.24. The zero-order chi connectivity index (χ0) is 16.1. The van der Waals surface area contributed by atoms with Crippen LogP contribution in [0.15, 0.2) is 48.1 Å². The number of anilines is 1. The first kappa shape index (κ1) is 15.9. The van der Waals surface area contributed by atoms with Crippen LogP contribution in [0.4, 0.5) is 5.69 Å². The molecule has 1 aromatic carbocycles. The maximum atomic E-state index is 12.6. The van der Waals surface area contributed by atoms with Gasteiger partial charge in [0.25, 0.3) is 5.91 Å². The number of likely N-dealkylation sites (tertiary alicyclic amines) is 1. The summed E-state index contributed by atoms with van der Waals surface area (Å²) in [5, 5.41) is 3.09. The van der Waals surface area contributed by atoms with Gasteiger partial charge in [-0.15, -0.1) is 0 Å². The predicted octanol–water partition coefficient (Wildman–Crippen LogP) is 4.25. The molecule has 0 unspecified atom stereocenters. The van der Waals surface area contributed by atoms with Gasteiger partial charge in [-0.05, 0) is 56.2 Å². The Morgan fingerprint density at radius 1 is 1.26 bits per heavy atom. The lowest BCUT2D eigenvalue weighted by Gasteiger charge is -2.32. The van der Waals surface area contributed by atoms with E-state index in [1.165, 1.54) is 24.8 Å². The Hall–Kier alpha value is -2.03. The van der Waals surface area contributed by atoms with Crippen LogP contribution in [-0.2, 0) is 0 Å². The van der Waals surface area contributed by atoms with Crippen molar-refractivity contribution in [3.8, 4) is 0 Å². The number of hydrogen-bond donors (Lipinski definition) is 1. The molecule has 122 valence electrons. The molecule has 0 atom stereocenters. The normalized spacial score (nSPS) is 18.7. The Balaban J connectivity index is 1.54. The van der Waals surface area contributed by atoms with Crippen LogP contribution in [0, 0.1) is 5.92 Å². The van der Waals surface area contributed by atoms with E-state index >= 15 is 0 Å². The highest BCUT2D eigenvalue weighted by atomic mass is 16.2. The summed E-state index contributed by atoms with van der Waals surface area (Å²) in [5.41, 5.74) is 3.26. The van der Waals surface area contributed by atoms with Crippen molar-refractivity contribution in [1.82, 2.24) is 4.90 Å². The molecule has 0 aromatic heterocycles. The Labute approximate surface area is 139 Å². The van der Waals surface area contributed by atoms with Gasteiger partial charge in [0.2, 0.25) is 0 Å². The van der Waals surface area contributed by atoms with E-state index in [9.17, 15) is 4.79 Å². The van der Waals surface area contributed by atoms with E-state index in [1.54, 1.807) is 0 Å². The van der Waals surface area contributed by atoms with Gasteiger partial charge in [0, 0.05) is 31.4 Å². The molecule has 1 amide bonds. The largest absolute Gasteiger partial charge is 0.388 e. The van der Waals surface area contributed by atoms with E-state index < -0.39 is 0 Å². The summed E-state index contributed by atoms with van der Waals surface area (Å²) >= 11 is 0. The topological polar surface area (TPSA) is 32.3 Å². The second-order valence-corrected chi connectivity index (χ2v) is 6.53. The minimum Gasteiger partial charge on any atom is -0.388 e. The third-order valence-corrected chi connectivity index (χ3v) is 4.90. The van der Waals surface area contributed by atoms with Crippen LogP contribution in [-0.4, -0.2) is 30.9 Å². The first-order valence-electron chi connectivity index (χ1n) is 8.69. The molecule has 3 heteroatoms. The third kappa shape index (κ3) is 4.04. The third-order valence-electron chi connectivity index (χ3n) is 4.90. The molecule has 0 spiro atoms. The summed E-state index contributed by atoms with van der Waals surface area (Å²) in [7, 11) is 1.88. The summed E-state index contributed by atoms with van der Waals surface area (Å²) in [6.07, 6.45) is 12.7. The summed E-state index contributed by atoms with van der Waals surface area (Å²) in [5.74, 6) is 0.883. The zero-order valence-corrected chi connectivity index (χ0v) is 13.9. The van der Waals surface area contributed by atoms with E-state index in [1.807, 2.05) is 36.2 Å². The van der Waals surface area contributed by atoms with Crippen LogP contribution < -0.4 is 5.32 Å². The molecule has 0 saturated carbocycles. The molecular formula is C20H26N2O. The zero-order valence-electron chi connectivity index (χ0n) is 13.9. The highest BCUT2D eigenvalue weighted by molar-refractivity contribution is 5.95. The summed E-state index contributed by atoms with van der Waals surface area (Å²) in [6, 6.07) is 7.76. The van der Waals surface area contributed by atoms with Gasteiger partial charge < -0.3 is 10.2 Å². The van der Waals surface area contributed by atoms with Gasteiger partial charge in [0.05, 0.1) is 0 Å². The van der Waals surface area contributed by atoms with E-state index in [0.717, 1.165) is 43.1 Å². The van der Waals surface area contributed by atoms with Crippen LogP contribution in [0.2, 0.25) is 0 Å². The summed E-state index contributed by atoms with van der Waals surface area (Å²) in [4.78, 5) is 14.7. The number of carbonyl (C=O) groups excluding carboxylic acids is 1. The van der Waals surface area contributed by atoms with E-state index in [0.29, 0.717) is 0 Å². The fourth-order valence-electron chi connectivity index (χ4n) is 3.48. The maximum absolute atomic E-state index is 12.6. The van der Waals surface area contributed by atoms with Crippen LogP contribution in [0.3, 0.4) is 0 Å². The molecule has 1 N–H and O–H groups in total. The van der Waals surface area contributed by atoms with Crippen molar-refractivity contribution >= 4 is 11.6 Å². The van der Waals surface area contributed by atoms with Crippen molar-refractivity contribution in [2.75, 3.05) is 25.5 Å². The summed E-state index contributed by atoms with van der Waals surface area (Å²) < 4.78 is 0. The number of benzene rings is 1. The molecular weight excluding hydrogens is 284 g/mol. The Bertz CT molecular complexity index is 610. The lowest BCUT2D eigenvalue weighted by Crippen LogP contribution is -2.38. The average molecular weight is 310 g/mol. The van der Waals surface area contributed by atoms with Gasteiger partial charge in [-0.2, -0.15) is 0 Å². The fourth-order valence-corrected chi connectivity index (χ4v) is 3.48. The Morgan fingerprint density at radius 2 is 2.09 bits per heavy atom. The second kappa shape index (κ2) is 7.49. The molecule has 3 nitrogen and oxygen atoms in total. The lowest BCUT2D eigenvalue weighted by atomic mass is 9.88. The molecule has 23 heavy (non-hydrogen) atoms. The van der Waals surface area contributed by atoms with Crippen molar-refractivity contribution in [2.45, 2.75) is 32.1 Å². The Kier molecular flexibility index (Phi) is 5.16. The predicted molar refractivity (Wildman–Crippen MR) is 95.7 cm³/mol. The van der Waals surface area contributed by atoms with Crippen LogP contribution >= 0.6 is 0 Å². The molecule has 1 aliphatic heterocycles. The molecule has 0 radical (unpaired) electrons. The van der Waals surface area contributed by atoms with Gasteiger partial charge in [-0.25, -0.2) is 0 Å². The molecule has 0 bridgehead atoms. The highest BCUT2D eigenvalue weighted by Crippen LogP contribution is 2.27. The second-order valence-electron chi connectivity index (χ2n) is 6.53. The standard InChI is InChI=1S/C20H26N2O/c1-21-19-9-5-8-18(15-19)20(23)22-12-10-17(11-13-22)14-16-6-3-2-4-7-16/h3,5-9,15,17,21H,2,4,10-14H2,1H3. The molecule has 2 aliphatic rings. The number of piperidine rings is 1. The van der Waals surface area contributed by atoms with Gasteiger partial charge in [0.1, 0.15) is 0 Å². The summed E-state index contributed by atoms with van der Waals surface area (Å²) in [6.45, 7) is 1.76. The lowest BCUT2D eigenvalue weighted by molar-refractivity contribution is 0.0691. The SMILES string of the molecule is CNc1cccc(C(=O)N2CCC(CC3=CCCC=C3)CC2)c1. The van der Waals surface area contributed by atoms with Gasteiger partial charge in [0.15, 0.2) is 0 Å². The molecule has 1 aliphatic carbocycles. The monoisotopic (exact) mass is 310 g/mol. The molecule has 3 rings (SSSR count). The number of rotatable bonds is 4. The number of nitrogens with zero attached hydrogens (tertiary/aromatic N) is 1. The van der Waals surface area contributed by atoms with Crippen molar-refractivity contribution in [2.24, 2.45) is 5.92 Å². The molecule has 1 aromatic rings. The average Bonchev–Trinajstić information content (AvgIpc) is 2.63. The van der Waals surface area contributed by atoms with Crippen molar-refractivity contribution in [3.63, 3.8) is 0 Å². The van der Waals surface area contributed by atoms with Crippen molar-refractivity contribution < 1.29 is 4.79 Å². The Morgan fingerprint density at radius 3 is 2.78 bits per heavy atom. The van der Waals surface area contributed by atoms with Gasteiger partial charge in [-0.3, -0.25) is 4.79 Å². The number of allylic oxidation sites excluding steroid dienone is 4. The molecule has 1 fully saturated rings. The van der Waals surface area contributed by atoms with Crippen LogP contribution in [0.5, 0.6) is 0 Å². The quantitative estimate of drug-likeness (QED) is 0.902. The van der Waals surface area contributed by atoms with Crippen molar-refractivity contribution in [3.05, 3.63) is 53.6 Å². The van der Waals surface area contributed by atoms with Crippen LogP contribution in [0.1, 0.15) is 42.5 Å². The number of amides is 1. The van der Waals surface area contributed by atoms with E-state index in [2.05, 4.69) is 23.5 Å². The number of carbonyl (C=O) groups is 1. The minimum atomic E-state index is 0.164. The van der Waals surface area contributed by atoms with Gasteiger partial charge in [-0.1, -0.05) is 29.9 Å². The molecule has 1 heterocycles. The van der Waals surface area contributed by atoms with Crippen LogP contribution in [0.25, 0.3) is 0 Å². The number of nitrogens with one attached hydrogen (secondary N) is 1. The van der Waals surface area contributed by atoms with Gasteiger partial charge >= 0.3 is 0 Å². The first-order valence-corrected chi connectivity index (χ1v) is 8.69. The first-order chi connectivity index (χ1) is 11.3. The smallest absolute Gasteiger partial charge is 0.253 e. The number of hydrogen-bond acceptors (Lipinski definition) is 2. The van der Waals surface area contributed by atoms with Crippen molar-refractivity contribution in [1.29, 1.82) is 0 Å².